The number of phenols is 1. The van der Waals surface area contributed by atoms with Crippen molar-refractivity contribution in [2.45, 2.75) is 71.6 Å². The summed E-state index contributed by atoms with van der Waals surface area (Å²) in [5, 5.41) is 20.9. The summed E-state index contributed by atoms with van der Waals surface area (Å²) in [4.78, 5) is 27.6. The summed E-state index contributed by atoms with van der Waals surface area (Å²) in [5.41, 5.74) is 2.33. The molecule has 4 aliphatic carbocycles. The minimum Gasteiger partial charge on any atom is -0.508 e. The van der Waals surface area contributed by atoms with Crippen LogP contribution in [0.25, 0.3) is 5.57 Å². The number of aliphatic hydroxyl groups is 1. The third-order valence-corrected chi connectivity index (χ3v) is 9.66. The Morgan fingerprint density at radius 3 is 2.53 bits per heavy atom. The molecule has 200 valence electrons. The van der Waals surface area contributed by atoms with Gasteiger partial charge in [0, 0.05) is 17.6 Å². The fraction of sp³-hybridized carbons (Fsp3) is 0.500. The summed E-state index contributed by atoms with van der Waals surface area (Å²) in [6, 6.07) is 7.13. The number of ether oxygens (including phenoxy) is 2. The molecule has 2 fully saturated rings. The number of carbonyl (C=O) groups is 2. The maximum atomic E-state index is 13.8. The molecule has 1 aromatic carbocycles. The SMILES string of the molecule is CCCC=C1OC(=O)C2=C1CC[C@H]1[C@@H]3CC[C@]4(C(=CCCC)OC(=O)C4=C3c3cccc(O)c3)[C@]21CCO. The predicted octanol–water partition coefficient (Wildman–Crippen LogP) is 6.11. The fourth-order valence-electron chi connectivity index (χ4n) is 8.52. The Morgan fingerprint density at radius 2 is 1.79 bits per heavy atom. The van der Waals surface area contributed by atoms with Gasteiger partial charge in [0.1, 0.15) is 17.3 Å². The van der Waals surface area contributed by atoms with E-state index in [0.29, 0.717) is 35.5 Å². The van der Waals surface area contributed by atoms with Gasteiger partial charge in [-0.05, 0) is 92.2 Å². The standard InChI is InChI=1S/C32H36O6/c1-3-5-10-24-22-12-13-23-21-14-15-32(31(23,16-17-33)27(22)29(35)37-24)25(11-6-4-2)38-30(36)28(32)26(21)19-8-7-9-20(34)18-19/h7-11,18,21,23,33-34H,3-6,12-17H2,1-2H3/t21-,23-,31-,32+/m0/s1. The first-order valence-electron chi connectivity index (χ1n) is 14.2. The van der Waals surface area contributed by atoms with Crippen molar-refractivity contribution in [1.29, 1.82) is 0 Å². The van der Waals surface area contributed by atoms with Crippen LogP contribution in [0.2, 0.25) is 0 Å². The van der Waals surface area contributed by atoms with Crippen LogP contribution >= 0.6 is 0 Å². The second-order valence-corrected chi connectivity index (χ2v) is 11.3. The van der Waals surface area contributed by atoms with Gasteiger partial charge in [0.05, 0.1) is 16.6 Å². The number of unbranched alkanes of at least 4 members (excludes halogenated alkanes) is 2. The third-order valence-electron chi connectivity index (χ3n) is 9.66. The third kappa shape index (κ3) is 3.16. The molecule has 0 radical (unpaired) electrons. The van der Waals surface area contributed by atoms with Crippen molar-refractivity contribution in [1.82, 2.24) is 0 Å². The van der Waals surface area contributed by atoms with Crippen molar-refractivity contribution in [3.63, 3.8) is 0 Å². The molecular formula is C32H36O6. The molecule has 2 bridgehead atoms. The number of hydrogen-bond donors (Lipinski definition) is 2. The molecule has 38 heavy (non-hydrogen) atoms. The zero-order valence-electron chi connectivity index (χ0n) is 22.2. The summed E-state index contributed by atoms with van der Waals surface area (Å²) in [6.45, 7) is 4.08. The lowest BCUT2D eigenvalue weighted by atomic mass is 9.36. The number of hydrogen-bond acceptors (Lipinski definition) is 6. The highest BCUT2D eigenvalue weighted by atomic mass is 16.6. The van der Waals surface area contributed by atoms with Gasteiger partial charge in [-0.1, -0.05) is 38.8 Å². The first-order chi connectivity index (χ1) is 18.4. The number of phenolic OH excluding ortho intramolecular Hbond substituents is 1. The summed E-state index contributed by atoms with van der Waals surface area (Å²) >= 11 is 0. The lowest BCUT2D eigenvalue weighted by Gasteiger charge is -2.64. The van der Waals surface area contributed by atoms with Gasteiger partial charge < -0.3 is 19.7 Å². The molecule has 4 atom stereocenters. The summed E-state index contributed by atoms with van der Waals surface area (Å²) in [5.74, 6) is 0.760. The van der Waals surface area contributed by atoms with E-state index in [9.17, 15) is 19.8 Å². The molecule has 7 rings (SSSR count). The van der Waals surface area contributed by atoms with E-state index in [0.717, 1.165) is 61.7 Å². The van der Waals surface area contributed by atoms with Crippen LogP contribution in [0.5, 0.6) is 5.75 Å². The van der Waals surface area contributed by atoms with Gasteiger partial charge in [-0.3, -0.25) is 0 Å². The molecule has 2 N–H and O–H groups in total. The van der Waals surface area contributed by atoms with Crippen molar-refractivity contribution >= 4 is 17.5 Å². The van der Waals surface area contributed by atoms with Crippen LogP contribution in [0, 0.1) is 22.7 Å². The Hall–Kier alpha value is -3.12. The Kier molecular flexibility index (Phi) is 6.14. The predicted molar refractivity (Wildman–Crippen MR) is 142 cm³/mol. The highest BCUT2D eigenvalue weighted by molar-refractivity contribution is 6.07. The lowest BCUT2D eigenvalue weighted by Crippen LogP contribution is -2.60. The average Bonchev–Trinajstić information content (AvgIpc) is 3.40. The smallest absolute Gasteiger partial charge is 0.340 e. The molecule has 1 aromatic rings. The topological polar surface area (TPSA) is 93.1 Å². The number of fused-ring (bicyclic) bond motifs is 1. The van der Waals surface area contributed by atoms with E-state index >= 15 is 0 Å². The van der Waals surface area contributed by atoms with E-state index in [1.54, 1.807) is 12.1 Å². The van der Waals surface area contributed by atoms with Gasteiger partial charge in [0.15, 0.2) is 0 Å². The van der Waals surface area contributed by atoms with E-state index in [1.165, 1.54) is 0 Å². The largest absolute Gasteiger partial charge is 0.508 e. The van der Waals surface area contributed by atoms with E-state index in [-0.39, 0.29) is 36.1 Å². The van der Waals surface area contributed by atoms with Crippen molar-refractivity contribution in [3.8, 4) is 5.75 Å². The van der Waals surface area contributed by atoms with Gasteiger partial charge in [-0.15, -0.1) is 0 Å². The number of allylic oxidation sites excluding steroid dienone is 5. The van der Waals surface area contributed by atoms with Crippen LogP contribution in [0.3, 0.4) is 0 Å². The molecule has 0 unspecified atom stereocenters. The summed E-state index contributed by atoms with van der Waals surface area (Å²) < 4.78 is 12.1. The molecule has 1 saturated heterocycles. The van der Waals surface area contributed by atoms with Crippen LogP contribution in [-0.2, 0) is 19.1 Å². The first kappa shape index (κ1) is 25.2. The maximum absolute atomic E-state index is 13.8. The molecule has 0 aromatic heterocycles. The lowest BCUT2D eigenvalue weighted by molar-refractivity contribution is -0.138. The quantitative estimate of drug-likeness (QED) is 0.425. The normalized spacial score (nSPS) is 33.6. The van der Waals surface area contributed by atoms with Gasteiger partial charge >= 0.3 is 11.9 Å². The zero-order valence-corrected chi connectivity index (χ0v) is 22.2. The molecule has 2 aliphatic heterocycles. The van der Waals surface area contributed by atoms with E-state index < -0.39 is 10.8 Å². The monoisotopic (exact) mass is 516 g/mol. The Balaban J connectivity index is 1.70. The second-order valence-electron chi connectivity index (χ2n) is 11.3. The highest BCUT2D eigenvalue weighted by Crippen LogP contribution is 2.78. The van der Waals surface area contributed by atoms with Crippen LogP contribution in [0.15, 0.2) is 64.7 Å². The van der Waals surface area contributed by atoms with Gasteiger partial charge in [0.2, 0.25) is 0 Å². The van der Waals surface area contributed by atoms with E-state index in [1.807, 2.05) is 24.3 Å². The Morgan fingerprint density at radius 1 is 1.03 bits per heavy atom. The molecule has 2 heterocycles. The molecule has 1 spiro atoms. The second kappa shape index (κ2) is 9.26. The number of esters is 2. The molecule has 0 amide bonds. The summed E-state index contributed by atoms with van der Waals surface area (Å²) in [6.07, 6.45) is 10.9. The van der Waals surface area contributed by atoms with Crippen molar-refractivity contribution in [2.75, 3.05) is 6.61 Å². The van der Waals surface area contributed by atoms with Gasteiger partial charge in [-0.2, -0.15) is 0 Å². The molecule has 6 aliphatic rings. The minimum atomic E-state index is -0.859. The number of benzene rings is 1. The average molecular weight is 517 g/mol. The van der Waals surface area contributed by atoms with E-state index in [4.69, 9.17) is 9.47 Å². The van der Waals surface area contributed by atoms with E-state index in [2.05, 4.69) is 13.8 Å². The number of rotatable bonds is 7. The number of cyclic esters (lactones) is 2. The number of aromatic hydroxyl groups is 1. The van der Waals surface area contributed by atoms with Gasteiger partial charge in [-0.25, -0.2) is 9.59 Å². The van der Waals surface area contributed by atoms with Gasteiger partial charge in [0.25, 0.3) is 0 Å². The molecule has 1 saturated carbocycles. The molecule has 6 nitrogen and oxygen atoms in total. The maximum Gasteiger partial charge on any atom is 0.340 e. The molecular weight excluding hydrogens is 480 g/mol. The summed E-state index contributed by atoms with van der Waals surface area (Å²) in [7, 11) is 0. The zero-order chi connectivity index (χ0) is 26.7. The van der Waals surface area contributed by atoms with Crippen LogP contribution in [0.4, 0.5) is 0 Å². The van der Waals surface area contributed by atoms with Crippen molar-refractivity contribution in [2.24, 2.45) is 22.7 Å². The van der Waals surface area contributed by atoms with Crippen LogP contribution in [0.1, 0.15) is 77.2 Å². The Bertz CT molecular complexity index is 1330. The van der Waals surface area contributed by atoms with Crippen molar-refractivity contribution < 1.29 is 29.3 Å². The first-order valence-corrected chi connectivity index (χ1v) is 14.2. The fourth-order valence-corrected chi connectivity index (χ4v) is 8.52. The van der Waals surface area contributed by atoms with Crippen LogP contribution in [-0.4, -0.2) is 28.8 Å². The van der Waals surface area contributed by atoms with Crippen molar-refractivity contribution in [3.05, 3.63) is 70.2 Å². The minimum absolute atomic E-state index is 0.00354. The Labute approximate surface area is 223 Å². The number of aliphatic hydroxyl groups excluding tert-OH is 1. The molecule has 6 heteroatoms. The number of carbonyl (C=O) groups excluding carboxylic acids is 2. The van der Waals surface area contributed by atoms with Crippen LogP contribution < -0.4 is 0 Å². The highest BCUT2D eigenvalue weighted by Gasteiger charge is 2.75.